The second-order valence-electron chi connectivity index (χ2n) is 10.7. The molecule has 1 saturated carbocycles. The van der Waals surface area contributed by atoms with Crippen molar-refractivity contribution in [2.45, 2.75) is 52.6 Å². The van der Waals surface area contributed by atoms with E-state index in [-0.39, 0.29) is 17.9 Å². The maximum absolute atomic E-state index is 10.1. The van der Waals surface area contributed by atoms with Gasteiger partial charge in [-0.05, 0) is 51.3 Å². The molecule has 1 N–H and O–H groups in total. The van der Waals surface area contributed by atoms with Crippen LogP contribution >= 0.6 is 23.2 Å². The number of nitriles is 1. The molecule has 1 atom stereocenters. The number of aromatic nitrogens is 4. The van der Waals surface area contributed by atoms with Gasteiger partial charge in [0.1, 0.15) is 18.2 Å². The fourth-order valence-electron chi connectivity index (χ4n) is 5.71. The molecule has 5 rings (SSSR count). The first-order valence-corrected chi connectivity index (χ1v) is 13.7. The Morgan fingerprint density at radius 1 is 1.21 bits per heavy atom. The number of benzene rings is 1. The third kappa shape index (κ3) is 4.84. The highest BCUT2D eigenvalue weighted by Gasteiger charge is 2.53. The highest BCUT2D eigenvalue weighted by Crippen LogP contribution is 2.53. The molecule has 2 aromatic heterocycles. The lowest BCUT2D eigenvalue weighted by atomic mass is 9.58. The van der Waals surface area contributed by atoms with Gasteiger partial charge in [-0.15, -0.1) is 0 Å². The van der Waals surface area contributed by atoms with Gasteiger partial charge in [-0.1, -0.05) is 36.5 Å². The molecular formula is C28H32Cl2N6O2. The van der Waals surface area contributed by atoms with Gasteiger partial charge in [0.15, 0.2) is 11.0 Å². The zero-order valence-corrected chi connectivity index (χ0v) is 23.6. The average molecular weight is 556 g/mol. The lowest BCUT2D eigenvalue weighted by molar-refractivity contribution is 0.0511. The molecule has 200 valence electrons. The number of aryl methyl sites for hydroxylation is 1. The van der Waals surface area contributed by atoms with Crippen LogP contribution in [0.4, 0.5) is 5.82 Å². The molecule has 1 saturated heterocycles. The standard InChI is InChI=1S/C28H32Cl2N6O2/c1-5-6-19(37)13-38-20-7-8-22(29)21(9-20)26-32-23(24-17(3)25(30)34-35(24)4)16(2)27(33-26)36-14-28(15-36)10-18(11-28)12-31/h7-9,18-19,37H,5-6,10-11,13-15H2,1-4H3/t19-/m1/s1. The summed E-state index contributed by atoms with van der Waals surface area (Å²) in [5.41, 5.74) is 4.20. The molecule has 2 fully saturated rings. The number of hydrogen-bond donors (Lipinski definition) is 1. The number of aliphatic hydroxyl groups excluding tert-OH is 1. The van der Waals surface area contributed by atoms with Crippen molar-refractivity contribution in [1.82, 2.24) is 19.7 Å². The monoisotopic (exact) mass is 554 g/mol. The van der Waals surface area contributed by atoms with Gasteiger partial charge in [0.2, 0.25) is 0 Å². The molecule has 1 aliphatic heterocycles. The van der Waals surface area contributed by atoms with Gasteiger partial charge in [0, 0.05) is 48.2 Å². The van der Waals surface area contributed by atoms with Gasteiger partial charge in [-0.2, -0.15) is 10.4 Å². The summed E-state index contributed by atoms with van der Waals surface area (Å²) in [5.74, 6) is 2.07. The summed E-state index contributed by atoms with van der Waals surface area (Å²) in [5, 5.41) is 24.7. The first-order chi connectivity index (χ1) is 18.1. The molecule has 1 aliphatic carbocycles. The average Bonchev–Trinajstić information content (AvgIpc) is 3.09. The van der Waals surface area contributed by atoms with E-state index in [1.807, 2.05) is 33.9 Å². The van der Waals surface area contributed by atoms with E-state index in [4.69, 9.17) is 37.9 Å². The van der Waals surface area contributed by atoms with Crippen LogP contribution < -0.4 is 9.64 Å². The van der Waals surface area contributed by atoms with Crippen LogP contribution in [0.3, 0.4) is 0 Å². The van der Waals surface area contributed by atoms with Crippen LogP contribution in [-0.2, 0) is 7.05 Å². The van der Waals surface area contributed by atoms with Gasteiger partial charge in [0.05, 0.1) is 28.6 Å². The van der Waals surface area contributed by atoms with Crippen molar-refractivity contribution in [2.75, 3.05) is 24.6 Å². The highest BCUT2D eigenvalue weighted by molar-refractivity contribution is 6.33. The Morgan fingerprint density at radius 3 is 2.58 bits per heavy atom. The summed E-state index contributed by atoms with van der Waals surface area (Å²) in [6.07, 6.45) is 2.90. The molecular weight excluding hydrogens is 523 g/mol. The fourth-order valence-corrected chi connectivity index (χ4v) is 6.12. The predicted octanol–water partition coefficient (Wildman–Crippen LogP) is 5.75. The van der Waals surface area contributed by atoms with E-state index in [0.717, 1.165) is 60.7 Å². The summed E-state index contributed by atoms with van der Waals surface area (Å²) >= 11 is 13.1. The van der Waals surface area contributed by atoms with Crippen LogP contribution in [0.15, 0.2) is 18.2 Å². The molecule has 0 radical (unpaired) electrons. The van der Waals surface area contributed by atoms with E-state index in [0.29, 0.717) is 33.7 Å². The molecule has 38 heavy (non-hydrogen) atoms. The second-order valence-corrected chi connectivity index (χ2v) is 11.5. The van der Waals surface area contributed by atoms with E-state index >= 15 is 0 Å². The smallest absolute Gasteiger partial charge is 0.163 e. The van der Waals surface area contributed by atoms with Crippen molar-refractivity contribution >= 4 is 29.0 Å². The number of ether oxygens (including phenoxy) is 1. The summed E-state index contributed by atoms with van der Waals surface area (Å²) in [6.45, 7) is 7.90. The number of hydrogen-bond acceptors (Lipinski definition) is 7. The Bertz CT molecular complexity index is 1400. The van der Waals surface area contributed by atoms with Crippen LogP contribution in [0.5, 0.6) is 5.75 Å². The Balaban J connectivity index is 1.55. The van der Waals surface area contributed by atoms with Crippen molar-refractivity contribution in [3.8, 4) is 34.6 Å². The van der Waals surface area contributed by atoms with Crippen molar-refractivity contribution in [2.24, 2.45) is 18.4 Å². The van der Waals surface area contributed by atoms with Gasteiger partial charge < -0.3 is 14.7 Å². The molecule has 0 unspecified atom stereocenters. The number of aliphatic hydroxyl groups is 1. The zero-order valence-electron chi connectivity index (χ0n) is 22.1. The van der Waals surface area contributed by atoms with Crippen molar-refractivity contribution in [3.63, 3.8) is 0 Å². The molecule has 0 amide bonds. The molecule has 2 aliphatic rings. The third-order valence-corrected chi connectivity index (χ3v) is 8.40. The maximum atomic E-state index is 10.1. The van der Waals surface area contributed by atoms with Crippen LogP contribution in [0.1, 0.15) is 43.7 Å². The molecule has 10 heteroatoms. The quantitative estimate of drug-likeness (QED) is 0.378. The molecule has 1 spiro atoms. The van der Waals surface area contributed by atoms with Gasteiger partial charge >= 0.3 is 0 Å². The van der Waals surface area contributed by atoms with E-state index in [9.17, 15) is 10.4 Å². The van der Waals surface area contributed by atoms with Crippen LogP contribution in [0, 0.1) is 36.5 Å². The summed E-state index contributed by atoms with van der Waals surface area (Å²) in [4.78, 5) is 12.3. The van der Waals surface area contributed by atoms with Gasteiger partial charge in [-0.25, -0.2) is 9.97 Å². The lowest BCUT2D eigenvalue weighted by Crippen LogP contribution is -2.62. The minimum absolute atomic E-state index is 0.159. The summed E-state index contributed by atoms with van der Waals surface area (Å²) in [6, 6.07) is 7.77. The number of rotatable bonds is 8. The number of anilines is 1. The normalized spacial score (nSPS) is 17.2. The molecule has 1 aromatic carbocycles. The lowest BCUT2D eigenvalue weighted by Gasteiger charge is -2.58. The maximum Gasteiger partial charge on any atom is 0.163 e. The Morgan fingerprint density at radius 2 is 1.95 bits per heavy atom. The zero-order chi connectivity index (χ0) is 27.2. The molecule has 3 aromatic rings. The Labute approximate surface area is 233 Å². The molecule has 3 heterocycles. The van der Waals surface area contributed by atoms with Crippen LogP contribution in [0.25, 0.3) is 22.8 Å². The SMILES string of the molecule is CCC[C@@H](O)COc1ccc(Cl)c(-c2nc(-c3c(C)c(Cl)nn3C)c(C)c(N3CC4(CC(C#N)C4)C3)n2)c1. The Hall–Kier alpha value is -2.86. The van der Waals surface area contributed by atoms with E-state index in [2.05, 4.69) is 16.1 Å². The minimum atomic E-state index is -0.531. The first-order valence-electron chi connectivity index (χ1n) is 13.0. The van der Waals surface area contributed by atoms with Crippen molar-refractivity contribution in [1.29, 1.82) is 5.26 Å². The van der Waals surface area contributed by atoms with Gasteiger partial charge in [-0.3, -0.25) is 4.68 Å². The largest absolute Gasteiger partial charge is 0.491 e. The first kappa shape index (κ1) is 26.7. The topological polar surface area (TPSA) is 100 Å². The number of nitrogens with zero attached hydrogens (tertiary/aromatic N) is 6. The predicted molar refractivity (Wildman–Crippen MR) is 149 cm³/mol. The highest BCUT2D eigenvalue weighted by atomic mass is 35.5. The van der Waals surface area contributed by atoms with E-state index < -0.39 is 6.10 Å². The fraction of sp³-hybridized carbons (Fsp3) is 0.500. The molecule has 0 bridgehead atoms. The van der Waals surface area contributed by atoms with Crippen molar-refractivity contribution in [3.05, 3.63) is 39.5 Å². The number of halogens is 2. The van der Waals surface area contributed by atoms with Crippen LogP contribution in [-0.4, -0.2) is 50.7 Å². The minimum Gasteiger partial charge on any atom is -0.491 e. The third-order valence-electron chi connectivity index (χ3n) is 7.71. The van der Waals surface area contributed by atoms with Crippen molar-refractivity contribution < 1.29 is 9.84 Å². The summed E-state index contributed by atoms with van der Waals surface area (Å²) < 4.78 is 7.61. The van der Waals surface area contributed by atoms with Crippen LogP contribution in [0.2, 0.25) is 10.2 Å². The second kappa shape index (κ2) is 10.4. The molecule has 8 nitrogen and oxygen atoms in total. The van der Waals surface area contributed by atoms with Gasteiger partial charge in [0.25, 0.3) is 0 Å². The summed E-state index contributed by atoms with van der Waals surface area (Å²) in [7, 11) is 1.85. The Kier molecular flexibility index (Phi) is 7.29. The van der Waals surface area contributed by atoms with E-state index in [1.54, 1.807) is 16.8 Å². The van der Waals surface area contributed by atoms with E-state index in [1.165, 1.54) is 0 Å².